The highest BCUT2D eigenvalue weighted by Gasteiger charge is 2.47. The first kappa shape index (κ1) is 22.3. The summed E-state index contributed by atoms with van der Waals surface area (Å²) in [5.74, 6) is 0.562. The monoisotopic (exact) mass is 430 g/mol. The number of benzene rings is 1. The Morgan fingerprint density at radius 1 is 1.23 bits per heavy atom. The summed E-state index contributed by atoms with van der Waals surface area (Å²) in [7, 11) is 0. The van der Waals surface area contributed by atoms with Crippen LogP contribution in [0.5, 0.6) is 0 Å². The van der Waals surface area contributed by atoms with Gasteiger partial charge in [0.15, 0.2) is 0 Å². The van der Waals surface area contributed by atoms with E-state index in [2.05, 4.69) is 20.6 Å². The number of aromatic nitrogens is 2. The Morgan fingerprint density at radius 3 is 2.52 bits per heavy atom. The Bertz CT molecular complexity index is 1050. The standard InChI is InChI=1S/C21H21F3N6O/c1-20(2)16(8-17(20)31)29-18-14(10-26)11-28-19(30-18)27-6-5-12-3-4-13(9-25)15(7-12)21(22,23)24/h3-4,7,11,16-17,31H,5-6,8H2,1-2H3,(H2,27,28,29,30)/t16-,17+/m1/s1. The molecule has 0 unspecified atom stereocenters. The number of hydrogen-bond donors (Lipinski definition) is 3. The summed E-state index contributed by atoms with van der Waals surface area (Å²) in [4.78, 5) is 8.38. The van der Waals surface area contributed by atoms with Gasteiger partial charge in [0.25, 0.3) is 0 Å². The van der Waals surface area contributed by atoms with Crippen molar-refractivity contribution in [3.8, 4) is 12.1 Å². The molecule has 1 aromatic heterocycles. The number of alkyl halides is 3. The summed E-state index contributed by atoms with van der Waals surface area (Å²) in [6.07, 6.45) is -2.89. The average molecular weight is 430 g/mol. The molecular formula is C21H21F3N6O. The third-order valence-corrected chi connectivity index (χ3v) is 5.64. The van der Waals surface area contributed by atoms with Crippen molar-refractivity contribution in [2.45, 2.75) is 45.0 Å². The maximum absolute atomic E-state index is 13.1. The molecule has 1 heterocycles. The minimum atomic E-state index is -4.60. The van der Waals surface area contributed by atoms with Crippen LogP contribution in [0.1, 0.15) is 42.5 Å². The molecule has 1 aromatic carbocycles. The van der Waals surface area contributed by atoms with E-state index in [0.29, 0.717) is 17.8 Å². The van der Waals surface area contributed by atoms with E-state index in [1.54, 1.807) is 6.07 Å². The Labute approximate surface area is 177 Å². The first-order chi connectivity index (χ1) is 14.6. The first-order valence-corrected chi connectivity index (χ1v) is 9.62. The zero-order valence-electron chi connectivity index (χ0n) is 17.0. The Balaban J connectivity index is 1.68. The van der Waals surface area contributed by atoms with E-state index >= 15 is 0 Å². The Morgan fingerprint density at radius 2 is 1.94 bits per heavy atom. The summed E-state index contributed by atoms with van der Waals surface area (Å²) >= 11 is 0. The number of nitrogens with one attached hydrogen (secondary N) is 2. The van der Waals surface area contributed by atoms with Gasteiger partial charge in [-0.3, -0.25) is 0 Å². The molecule has 0 spiro atoms. The minimum absolute atomic E-state index is 0.0585. The lowest BCUT2D eigenvalue weighted by molar-refractivity contribution is -0.137. The summed E-state index contributed by atoms with van der Waals surface area (Å²) in [6, 6.07) is 7.12. The number of anilines is 2. The van der Waals surface area contributed by atoms with E-state index in [-0.39, 0.29) is 35.9 Å². The number of aliphatic hydroxyl groups excluding tert-OH is 1. The number of halogens is 3. The van der Waals surface area contributed by atoms with Gasteiger partial charge in [0.2, 0.25) is 5.95 Å². The third-order valence-electron chi connectivity index (χ3n) is 5.64. The Hall–Kier alpha value is -3.37. The van der Waals surface area contributed by atoms with Gasteiger partial charge in [0.1, 0.15) is 17.5 Å². The summed E-state index contributed by atoms with van der Waals surface area (Å²) in [5, 5.41) is 34.2. The molecule has 2 atom stereocenters. The van der Waals surface area contributed by atoms with Crippen molar-refractivity contribution >= 4 is 11.8 Å². The third kappa shape index (κ3) is 4.70. The molecule has 31 heavy (non-hydrogen) atoms. The predicted octanol–water partition coefficient (Wildman–Crippen LogP) is 3.46. The van der Waals surface area contributed by atoms with Crippen LogP contribution in [0.25, 0.3) is 0 Å². The van der Waals surface area contributed by atoms with Gasteiger partial charge in [-0.25, -0.2) is 4.98 Å². The van der Waals surface area contributed by atoms with Crippen LogP contribution in [0.4, 0.5) is 24.9 Å². The van der Waals surface area contributed by atoms with Gasteiger partial charge in [-0.05, 0) is 30.5 Å². The van der Waals surface area contributed by atoms with Gasteiger partial charge in [0, 0.05) is 18.0 Å². The quantitative estimate of drug-likeness (QED) is 0.642. The Kier molecular flexibility index (Phi) is 6.05. The summed E-state index contributed by atoms with van der Waals surface area (Å²) < 4.78 is 39.3. The van der Waals surface area contributed by atoms with E-state index in [4.69, 9.17) is 5.26 Å². The van der Waals surface area contributed by atoms with Crippen molar-refractivity contribution < 1.29 is 18.3 Å². The molecule has 1 aliphatic carbocycles. The van der Waals surface area contributed by atoms with Gasteiger partial charge in [-0.1, -0.05) is 19.9 Å². The van der Waals surface area contributed by atoms with Gasteiger partial charge < -0.3 is 15.7 Å². The van der Waals surface area contributed by atoms with Crippen molar-refractivity contribution in [1.29, 1.82) is 10.5 Å². The fraction of sp³-hybridized carbons (Fsp3) is 0.429. The van der Waals surface area contributed by atoms with Crippen LogP contribution in [0.15, 0.2) is 24.4 Å². The average Bonchev–Trinajstić information content (AvgIpc) is 2.73. The van der Waals surface area contributed by atoms with Gasteiger partial charge in [-0.15, -0.1) is 0 Å². The topological polar surface area (TPSA) is 118 Å². The van der Waals surface area contributed by atoms with E-state index in [1.807, 2.05) is 19.9 Å². The zero-order valence-corrected chi connectivity index (χ0v) is 17.0. The molecular weight excluding hydrogens is 409 g/mol. The van der Waals surface area contributed by atoms with Gasteiger partial charge in [0.05, 0.1) is 29.5 Å². The molecule has 0 bridgehead atoms. The van der Waals surface area contributed by atoms with Crippen LogP contribution in [0.2, 0.25) is 0 Å². The number of nitriles is 2. The number of hydrogen-bond acceptors (Lipinski definition) is 7. The second kappa shape index (κ2) is 8.40. The maximum atomic E-state index is 13.1. The fourth-order valence-electron chi connectivity index (χ4n) is 3.37. The summed E-state index contributed by atoms with van der Waals surface area (Å²) in [5.41, 5.74) is -1.07. The highest BCUT2D eigenvalue weighted by molar-refractivity contribution is 5.54. The summed E-state index contributed by atoms with van der Waals surface area (Å²) in [6.45, 7) is 4.08. The molecule has 0 radical (unpaired) electrons. The van der Waals surface area contributed by atoms with Crippen molar-refractivity contribution in [3.63, 3.8) is 0 Å². The molecule has 10 heteroatoms. The lowest BCUT2D eigenvalue weighted by Crippen LogP contribution is -2.57. The van der Waals surface area contributed by atoms with Crippen LogP contribution in [0, 0.1) is 28.1 Å². The van der Waals surface area contributed by atoms with Crippen LogP contribution in [-0.2, 0) is 12.6 Å². The molecule has 1 aliphatic rings. The van der Waals surface area contributed by atoms with E-state index in [9.17, 15) is 23.5 Å². The highest BCUT2D eigenvalue weighted by Crippen LogP contribution is 2.42. The van der Waals surface area contributed by atoms with Crippen molar-refractivity contribution in [2.24, 2.45) is 5.41 Å². The first-order valence-electron chi connectivity index (χ1n) is 9.62. The molecule has 7 nitrogen and oxygen atoms in total. The minimum Gasteiger partial charge on any atom is -0.392 e. The zero-order chi connectivity index (χ0) is 22.8. The molecule has 162 valence electrons. The molecule has 0 amide bonds. The predicted molar refractivity (Wildman–Crippen MR) is 107 cm³/mol. The lowest BCUT2D eigenvalue weighted by Gasteiger charge is -2.49. The largest absolute Gasteiger partial charge is 0.417 e. The van der Waals surface area contributed by atoms with Crippen LogP contribution in [-0.4, -0.2) is 33.8 Å². The maximum Gasteiger partial charge on any atom is 0.417 e. The molecule has 3 N–H and O–H groups in total. The van der Waals surface area contributed by atoms with Gasteiger partial charge >= 0.3 is 6.18 Å². The van der Waals surface area contributed by atoms with Crippen molar-refractivity contribution in [2.75, 3.05) is 17.2 Å². The second-order valence-corrected chi connectivity index (χ2v) is 8.00. The van der Waals surface area contributed by atoms with Crippen LogP contribution >= 0.6 is 0 Å². The molecule has 1 saturated carbocycles. The number of aliphatic hydroxyl groups is 1. The fourth-order valence-corrected chi connectivity index (χ4v) is 3.37. The normalized spacial score (nSPS) is 19.6. The molecule has 0 aliphatic heterocycles. The lowest BCUT2D eigenvalue weighted by atomic mass is 9.64. The highest BCUT2D eigenvalue weighted by atomic mass is 19.4. The number of nitrogens with zero attached hydrogens (tertiary/aromatic N) is 4. The molecule has 3 rings (SSSR count). The molecule has 2 aromatic rings. The van der Waals surface area contributed by atoms with Crippen LogP contribution in [0.3, 0.4) is 0 Å². The van der Waals surface area contributed by atoms with Crippen molar-refractivity contribution in [1.82, 2.24) is 9.97 Å². The van der Waals surface area contributed by atoms with Crippen molar-refractivity contribution in [3.05, 3.63) is 46.6 Å². The second-order valence-electron chi connectivity index (χ2n) is 8.00. The van der Waals surface area contributed by atoms with E-state index in [1.165, 1.54) is 12.3 Å². The van der Waals surface area contributed by atoms with E-state index in [0.717, 1.165) is 12.1 Å². The SMILES string of the molecule is CC1(C)[C@@H](O)C[C@H]1Nc1nc(NCCc2ccc(C#N)c(C(F)(F)F)c2)ncc1C#N. The van der Waals surface area contributed by atoms with E-state index < -0.39 is 23.4 Å². The van der Waals surface area contributed by atoms with Crippen LogP contribution < -0.4 is 10.6 Å². The molecule has 1 fully saturated rings. The molecule has 0 saturated heterocycles. The smallest absolute Gasteiger partial charge is 0.392 e. The van der Waals surface area contributed by atoms with Gasteiger partial charge in [-0.2, -0.15) is 28.7 Å². The number of rotatable bonds is 6.